The Morgan fingerprint density at radius 2 is 1.96 bits per heavy atom. The highest BCUT2D eigenvalue weighted by Crippen LogP contribution is 2.28. The number of halogens is 1. The van der Waals surface area contributed by atoms with E-state index in [4.69, 9.17) is 16.3 Å². The third kappa shape index (κ3) is 4.77. The van der Waals surface area contributed by atoms with Crippen LogP contribution in [0.2, 0.25) is 5.02 Å². The van der Waals surface area contributed by atoms with Crippen molar-refractivity contribution >= 4 is 38.9 Å². The molecule has 1 amide bonds. The number of anilines is 1. The summed E-state index contributed by atoms with van der Waals surface area (Å²) in [5.74, 6) is -0.214. The highest BCUT2D eigenvalue weighted by Gasteiger charge is 2.30. The number of nitro groups is 1. The fourth-order valence-corrected chi connectivity index (χ4v) is 4.00. The molecule has 0 aliphatic rings. The van der Waals surface area contributed by atoms with E-state index in [1.165, 1.54) is 32.4 Å². The normalized spacial score (nSPS) is 11.3. The summed E-state index contributed by atoms with van der Waals surface area (Å²) in [7, 11) is -1.64. The van der Waals surface area contributed by atoms with E-state index in [1.54, 1.807) is 19.1 Å². The topological polar surface area (TPSA) is 119 Å². The number of aryl methyl sites for hydroxylation is 1. The molecule has 9 nitrogen and oxygen atoms in total. The number of nitro benzene ring substituents is 1. The summed E-state index contributed by atoms with van der Waals surface area (Å²) in [6.07, 6.45) is 0. The molecule has 0 spiro atoms. The second kappa shape index (κ2) is 8.55. The maximum absolute atomic E-state index is 12.7. The van der Waals surface area contributed by atoms with E-state index >= 15 is 0 Å². The van der Waals surface area contributed by atoms with Crippen LogP contribution in [0.5, 0.6) is 5.75 Å². The van der Waals surface area contributed by atoms with Crippen LogP contribution in [0, 0.1) is 17.0 Å². The quantitative estimate of drug-likeness (QED) is 0.536. The minimum absolute atomic E-state index is 0.275. The number of rotatable bonds is 7. The van der Waals surface area contributed by atoms with Gasteiger partial charge >= 0.3 is 0 Å². The number of nitrogens with zero attached hydrogens (tertiary/aromatic N) is 2. The molecule has 28 heavy (non-hydrogen) atoms. The van der Waals surface area contributed by atoms with Crippen molar-refractivity contribution in [2.45, 2.75) is 11.8 Å². The molecule has 0 aliphatic heterocycles. The van der Waals surface area contributed by atoms with E-state index in [0.717, 1.165) is 10.4 Å². The fourth-order valence-electron chi connectivity index (χ4n) is 2.38. The minimum atomic E-state index is -4.26. The average molecular weight is 428 g/mol. The predicted molar refractivity (Wildman–Crippen MR) is 104 cm³/mol. The highest BCUT2D eigenvalue weighted by molar-refractivity contribution is 7.89. The molecule has 0 fully saturated rings. The number of hydrogen-bond donors (Lipinski definition) is 1. The second-order valence-electron chi connectivity index (χ2n) is 5.89. The number of ether oxygens (including phenoxy) is 1. The van der Waals surface area contributed by atoms with Crippen molar-refractivity contribution in [3.8, 4) is 5.75 Å². The van der Waals surface area contributed by atoms with E-state index in [2.05, 4.69) is 5.32 Å². The highest BCUT2D eigenvalue weighted by atomic mass is 35.5. The number of hydrogen-bond acceptors (Lipinski definition) is 6. The number of benzene rings is 2. The van der Waals surface area contributed by atoms with Gasteiger partial charge in [-0.25, -0.2) is 8.42 Å². The molecule has 150 valence electrons. The Balaban J connectivity index is 2.20. The first kappa shape index (κ1) is 21.6. The molecule has 0 unspecified atom stereocenters. The van der Waals surface area contributed by atoms with E-state index < -0.39 is 38.0 Å². The van der Waals surface area contributed by atoms with E-state index in [9.17, 15) is 23.3 Å². The van der Waals surface area contributed by atoms with Crippen LogP contribution < -0.4 is 10.1 Å². The van der Waals surface area contributed by atoms with Crippen LogP contribution in [0.15, 0.2) is 41.3 Å². The van der Waals surface area contributed by atoms with Crippen LogP contribution >= 0.6 is 11.6 Å². The van der Waals surface area contributed by atoms with Gasteiger partial charge in [0.2, 0.25) is 15.9 Å². The van der Waals surface area contributed by atoms with Gasteiger partial charge in [-0.15, -0.1) is 0 Å². The first-order valence-electron chi connectivity index (χ1n) is 7.91. The van der Waals surface area contributed by atoms with E-state index in [1.807, 2.05) is 0 Å². The largest absolute Gasteiger partial charge is 0.495 e. The molecule has 2 rings (SSSR count). The van der Waals surface area contributed by atoms with Gasteiger partial charge in [0.15, 0.2) is 4.90 Å². The van der Waals surface area contributed by atoms with Crippen LogP contribution in [0.1, 0.15) is 5.56 Å². The molecule has 0 aliphatic carbocycles. The van der Waals surface area contributed by atoms with Gasteiger partial charge in [0.1, 0.15) is 5.75 Å². The lowest BCUT2D eigenvalue weighted by molar-refractivity contribution is -0.387. The smallest absolute Gasteiger partial charge is 0.289 e. The zero-order valence-electron chi connectivity index (χ0n) is 15.3. The molecular formula is C17H18ClN3O6S. The molecular weight excluding hydrogens is 410 g/mol. The average Bonchev–Trinajstić information content (AvgIpc) is 2.61. The molecule has 0 radical (unpaired) electrons. The molecule has 0 saturated heterocycles. The second-order valence-corrected chi connectivity index (χ2v) is 8.31. The Hall–Kier alpha value is -2.69. The lowest BCUT2D eigenvalue weighted by atomic mass is 10.2. The van der Waals surface area contributed by atoms with Gasteiger partial charge in [-0.2, -0.15) is 4.31 Å². The van der Waals surface area contributed by atoms with Crippen molar-refractivity contribution < 1.29 is 22.9 Å². The maximum atomic E-state index is 12.7. The predicted octanol–water partition coefficient (Wildman–Crippen LogP) is 2.82. The van der Waals surface area contributed by atoms with Crippen LogP contribution in [0.3, 0.4) is 0 Å². The molecule has 0 bridgehead atoms. The Labute approximate surface area is 167 Å². The monoisotopic (exact) mass is 427 g/mol. The first-order chi connectivity index (χ1) is 13.1. The summed E-state index contributed by atoms with van der Waals surface area (Å²) in [5.41, 5.74) is 0.331. The molecule has 2 aromatic carbocycles. The Kier molecular flexibility index (Phi) is 6.60. The number of sulfonamides is 1. The molecule has 0 aromatic heterocycles. The lowest BCUT2D eigenvalue weighted by Gasteiger charge is -2.17. The van der Waals surface area contributed by atoms with Gasteiger partial charge < -0.3 is 10.1 Å². The molecule has 0 atom stereocenters. The Morgan fingerprint density at radius 3 is 2.54 bits per heavy atom. The minimum Gasteiger partial charge on any atom is -0.495 e. The summed E-state index contributed by atoms with van der Waals surface area (Å²) in [6.45, 7) is 1.07. The SMILES string of the molecule is COc1ccc(NC(=O)CN(C)S(=O)(=O)c2cc(C)ccc2[N+](=O)[O-])cc1Cl. The van der Waals surface area contributed by atoms with Crippen molar-refractivity contribution in [2.75, 3.05) is 26.0 Å². The van der Waals surface area contributed by atoms with Gasteiger partial charge in [-0.1, -0.05) is 17.7 Å². The summed E-state index contributed by atoms with van der Waals surface area (Å²) in [6, 6.07) is 8.31. The summed E-state index contributed by atoms with van der Waals surface area (Å²) in [4.78, 5) is 22.1. The first-order valence-corrected chi connectivity index (χ1v) is 9.73. The van der Waals surface area contributed by atoms with Crippen LogP contribution in [-0.4, -0.2) is 44.3 Å². The van der Waals surface area contributed by atoms with E-state index in [-0.39, 0.29) is 5.02 Å². The Bertz CT molecular complexity index is 1030. The Morgan fingerprint density at radius 1 is 1.29 bits per heavy atom. The van der Waals surface area contributed by atoms with Crippen molar-refractivity contribution in [3.05, 3.63) is 57.1 Å². The van der Waals surface area contributed by atoms with Gasteiger partial charge in [-0.05, 0) is 36.8 Å². The number of carbonyl (C=O) groups is 1. The number of likely N-dealkylation sites (N-methyl/N-ethyl adjacent to an activating group) is 1. The standard InChI is InChI=1S/C17H18ClN3O6S/c1-11-4-6-14(21(23)24)16(8-11)28(25,26)20(2)10-17(22)19-12-5-7-15(27-3)13(18)9-12/h4-9H,10H2,1-3H3,(H,19,22). The number of carbonyl (C=O) groups excluding carboxylic acids is 1. The van der Waals surface area contributed by atoms with Crippen LogP contribution in [0.4, 0.5) is 11.4 Å². The summed E-state index contributed by atoms with van der Waals surface area (Å²) >= 11 is 5.99. The number of amides is 1. The number of nitrogens with one attached hydrogen (secondary N) is 1. The van der Waals surface area contributed by atoms with Crippen molar-refractivity contribution in [3.63, 3.8) is 0 Å². The fraction of sp³-hybridized carbons (Fsp3) is 0.235. The van der Waals surface area contributed by atoms with Crippen molar-refractivity contribution in [1.82, 2.24) is 4.31 Å². The van der Waals surface area contributed by atoms with Gasteiger partial charge in [-0.3, -0.25) is 14.9 Å². The van der Waals surface area contributed by atoms with Gasteiger partial charge in [0.05, 0.1) is 23.6 Å². The molecule has 0 heterocycles. The zero-order chi connectivity index (χ0) is 21.1. The third-order valence-electron chi connectivity index (χ3n) is 3.80. The molecule has 1 N–H and O–H groups in total. The van der Waals surface area contributed by atoms with Gasteiger partial charge in [0, 0.05) is 18.8 Å². The molecule has 2 aromatic rings. The number of methoxy groups -OCH3 is 1. The van der Waals surface area contributed by atoms with Crippen LogP contribution in [-0.2, 0) is 14.8 Å². The van der Waals surface area contributed by atoms with Crippen molar-refractivity contribution in [2.24, 2.45) is 0 Å². The van der Waals surface area contributed by atoms with E-state index in [0.29, 0.717) is 17.0 Å². The van der Waals surface area contributed by atoms with Crippen LogP contribution in [0.25, 0.3) is 0 Å². The molecule has 0 saturated carbocycles. The van der Waals surface area contributed by atoms with Crippen molar-refractivity contribution in [1.29, 1.82) is 0 Å². The lowest BCUT2D eigenvalue weighted by Crippen LogP contribution is -2.35. The maximum Gasteiger partial charge on any atom is 0.289 e. The summed E-state index contributed by atoms with van der Waals surface area (Å²) < 4.78 is 31.2. The molecule has 11 heteroatoms. The van der Waals surface area contributed by atoms with Gasteiger partial charge in [0.25, 0.3) is 5.69 Å². The summed E-state index contributed by atoms with van der Waals surface area (Å²) in [5, 5.41) is 14.0. The third-order valence-corrected chi connectivity index (χ3v) is 5.93. The zero-order valence-corrected chi connectivity index (χ0v) is 16.9.